The predicted molar refractivity (Wildman–Crippen MR) is 110 cm³/mol. The minimum absolute atomic E-state index is 0.156. The van der Waals surface area contributed by atoms with Gasteiger partial charge in [0.25, 0.3) is 0 Å². The van der Waals surface area contributed by atoms with Crippen molar-refractivity contribution < 1.29 is 22.3 Å². The number of nitrogens with one attached hydrogen (secondary N) is 1. The van der Waals surface area contributed by atoms with Crippen LogP contribution in [0.4, 0.5) is 23.4 Å². The van der Waals surface area contributed by atoms with Gasteiger partial charge in [0.1, 0.15) is 18.2 Å². The molecule has 10 heteroatoms. The van der Waals surface area contributed by atoms with Gasteiger partial charge in [-0.2, -0.15) is 18.3 Å². The van der Waals surface area contributed by atoms with Gasteiger partial charge in [-0.3, -0.25) is 5.43 Å². The largest absolute Gasteiger partial charge is 0.486 e. The van der Waals surface area contributed by atoms with E-state index in [1.165, 1.54) is 24.4 Å². The smallest absolute Gasteiger partial charge is 0.417 e. The molecule has 0 amide bonds. The van der Waals surface area contributed by atoms with Gasteiger partial charge in [0, 0.05) is 6.20 Å². The lowest BCUT2D eigenvalue weighted by molar-refractivity contribution is -0.137. The maximum atomic E-state index is 13.0. The normalized spacial score (nSPS) is 11.7. The molecule has 30 heavy (non-hydrogen) atoms. The fourth-order valence-corrected chi connectivity index (χ4v) is 3.32. The van der Waals surface area contributed by atoms with Gasteiger partial charge in [-0.15, -0.1) is 0 Å². The van der Waals surface area contributed by atoms with Crippen LogP contribution < -0.4 is 10.2 Å². The quantitative estimate of drug-likeness (QED) is 0.232. The van der Waals surface area contributed by atoms with Crippen LogP contribution in [0.2, 0.25) is 5.02 Å². The number of benzene rings is 2. The number of anilines is 1. The average molecular weight is 503 g/mol. The first kappa shape index (κ1) is 22.0. The summed E-state index contributed by atoms with van der Waals surface area (Å²) >= 11 is 9.64. The Morgan fingerprint density at radius 2 is 1.87 bits per heavy atom. The number of hydrogen-bond acceptors (Lipinski definition) is 4. The summed E-state index contributed by atoms with van der Waals surface area (Å²) in [6, 6.07) is 11.3. The minimum atomic E-state index is -4.45. The number of hydrogen-bond donors (Lipinski definition) is 1. The third-order valence-corrected chi connectivity index (χ3v) is 4.67. The van der Waals surface area contributed by atoms with E-state index in [2.05, 4.69) is 31.4 Å². The van der Waals surface area contributed by atoms with Gasteiger partial charge < -0.3 is 4.74 Å². The third kappa shape index (κ3) is 5.93. The van der Waals surface area contributed by atoms with Crippen LogP contribution in [0.15, 0.2) is 64.3 Å². The van der Waals surface area contributed by atoms with Gasteiger partial charge in [-0.1, -0.05) is 23.7 Å². The summed E-state index contributed by atoms with van der Waals surface area (Å²) in [6.07, 6.45) is -2.29. The van der Waals surface area contributed by atoms with E-state index in [1.54, 1.807) is 24.3 Å². The number of hydrazone groups is 1. The molecule has 0 aliphatic rings. The lowest BCUT2D eigenvalue weighted by Crippen LogP contribution is -2.05. The Hall–Kier alpha value is -2.65. The molecule has 0 aliphatic heterocycles. The van der Waals surface area contributed by atoms with Crippen LogP contribution >= 0.6 is 27.5 Å². The first-order valence-electron chi connectivity index (χ1n) is 8.41. The van der Waals surface area contributed by atoms with Gasteiger partial charge >= 0.3 is 6.18 Å². The van der Waals surface area contributed by atoms with Crippen LogP contribution in [0, 0.1) is 5.82 Å². The Morgan fingerprint density at radius 3 is 2.47 bits per heavy atom. The Balaban J connectivity index is 1.63. The van der Waals surface area contributed by atoms with Crippen molar-refractivity contribution in [3.8, 4) is 5.75 Å². The van der Waals surface area contributed by atoms with Gasteiger partial charge in [0.2, 0.25) is 0 Å². The molecule has 0 fully saturated rings. The molecule has 156 valence electrons. The number of pyridine rings is 1. The molecule has 0 bridgehead atoms. The molecule has 4 nitrogen and oxygen atoms in total. The zero-order valence-corrected chi connectivity index (χ0v) is 17.4. The van der Waals surface area contributed by atoms with E-state index in [9.17, 15) is 17.6 Å². The topological polar surface area (TPSA) is 46.5 Å². The van der Waals surface area contributed by atoms with Crippen LogP contribution in [0.5, 0.6) is 5.75 Å². The Kier molecular flexibility index (Phi) is 6.94. The van der Waals surface area contributed by atoms with E-state index in [4.69, 9.17) is 16.3 Å². The molecule has 1 N–H and O–H groups in total. The maximum absolute atomic E-state index is 13.0. The molecule has 0 saturated carbocycles. The van der Waals surface area contributed by atoms with Crippen LogP contribution in [0.25, 0.3) is 0 Å². The SMILES string of the molecule is Fc1ccc(COc2c(Cl)cc(/C=N\Nc3ccc(C(F)(F)F)cn3)cc2Br)cc1. The summed E-state index contributed by atoms with van der Waals surface area (Å²) < 4.78 is 56.8. The molecule has 0 unspecified atom stereocenters. The van der Waals surface area contributed by atoms with Crippen LogP contribution in [-0.2, 0) is 12.8 Å². The van der Waals surface area contributed by atoms with Crippen molar-refractivity contribution in [2.24, 2.45) is 5.10 Å². The molecule has 1 aromatic heterocycles. The Labute approximate surface area is 182 Å². The molecule has 0 atom stereocenters. The molecular weight excluding hydrogens is 490 g/mol. The number of alkyl halides is 3. The molecule has 0 saturated heterocycles. The highest BCUT2D eigenvalue weighted by Gasteiger charge is 2.30. The van der Waals surface area contributed by atoms with E-state index < -0.39 is 11.7 Å². The molecule has 0 radical (unpaired) electrons. The van der Waals surface area contributed by atoms with E-state index >= 15 is 0 Å². The standard InChI is InChI=1S/C20H13BrClF4N3O/c21-16-7-13(9-28-29-18-6-3-14(10-27-18)20(24,25)26)8-17(22)19(16)30-11-12-1-4-15(23)5-2-12/h1-10H,11H2,(H,27,29)/b28-9-. The highest BCUT2D eigenvalue weighted by atomic mass is 79.9. The van der Waals surface area contributed by atoms with Crippen molar-refractivity contribution in [2.45, 2.75) is 12.8 Å². The van der Waals surface area contributed by atoms with Crippen LogP contribution in [0.1, 0.15) is 16.7 Å². The van der Waals surface area contributed by atoms with Crippen LogP contribution in [-0.4, -0.2) is 11.2 Å². The lowest BCUT2D eigenvalue weighted by atomic mass is 10.2. The molecule has 3 aromatic rings. The zero-order chi connectivity index (χ0) is 21.7. The van der Waals surface area contributed by atoms with Crippen molar-refractivity contribution in [2.75, 3.05) is 5.43 Å². The number of nitrogens with zero attached hydrogens (tertiary/aromatic N) is 2. The summed E-state index contributed by atoms with van der Waals surface area (Å²) in [6.45, 7) is 0.202. The zero-order valence-electron chi connectivity index (χ0n) is 15.1. The lowest BCUT2D eigenvalue weighted by Gasteiger charge is -2.11. The van der Waals surface area contributed by atoms with Crippen molar-refractivity contribution in [1.29, 1.82) is 0 Å². The Morgan fingerprint density at radius 1 is 1.13 bits per heavy atom. The highest BCUT2D eigenvalue weighted by Crippen LogP contribution is 2.35. The van der Waals surface area contributed by atoms with E-state index in [1.807, 2.05) is 0 Å². The highest BCUT2D eigenvalue weighted by molar-refractivity contribution is 9.10. The van der Waals surface area contributed by atoms with E-state index in [-0.39, 0.29) is 18.2 Å². The summed E-state index contributed by atoms with van der Waals surface area (Å²) in [5.41, 5.74) is 3.09. The third-order valence-electron chi connectivity index (χ3n) is 3.80. The second-order valence-corrected chi connectivity index (χ2v) is 7.29. The maximum Gasteiger partial charge on any atom is 0.417 e. The second kappa shape index (κ2) is 9.44. The number of halogens is 6. The monoisotopic (exact) mass is 501 g/mol. The van der Waals surface area contributed by atoms with Gasteiger partial charge in [-0.05, 0) is 63.5 Å². The molecule has 0 spiro atoms. The Bertz CT molecular complexity index is 1020. The van der Waals surface area contributed by atoms with Crippen molar-refractivity contribution in [3.05, 3.63) is 86.7 Å². The predicted octanol–water partition coefficient (Wildman–Crippen LogP) is 6.68. The number of aromatic nitrogens is 1. The minimum Gasteiger partial charge on any atom is -0.486 e. The summed E-state index contributed by atoms with van der Waals surface area (Å²) in [5, 5.41) is 4.26. The molecular formula is C20H13BrClF4N3O. The van der Waals surface area contributed by atoms with E-state index in [0.29, 0.717) is 20.8 Å². The molecule has 1 heterocycles. The molecule has 2 aromatic carbocycles. The summed E-state index contributed by atoms with van der Waals surface area (Å²) in [7, 11) is 0. The number of ether oxygens (including phenoxy) is 1. The fourth-order valence-electron chi connectivity index (χ4n) is 2.33. The van der Waals surface area contributed by atoms with Crippen LogP contribution in [0.3, 0.4) is 0 Å². The second-order valence-electron chi connectivity index (χ2n) is 6.03. The first-order chi connectivity index (χ1) is 14.2. The van der Waals surface area contributed by atoms with Gasteiger partial charge in [0.15, 0.2) is 5.75 Å². The van der Waals surface area contributed by atoms with Crippen molar-refractivity contribution >= 4 is 39.6 Å². The summed E-state index contributed by atoms with van der Waals surface area (Å²) in [4.78, 5) is 3.66. The van der Waals surface area contributed by atoms with Gasteiger partial charge in [0.05, 0.1) is 21.3 Å². The molecule has 3 rings (SSSR count). The van der Waals surface area contributed by atoms with Crippen molar-refractivity contribution in [1.82, 2.24) is 4.98 Å². The van der Waals surface area contributed by atoms with Crippen molar-refractivity contribution in [3.63, 3.8) is 0 Å². The molecule has 0 aliphatic carbocycles. The fraction of sp³-hybridized carbons (Fsp3) is 0.100. The first-order valence-corrected chi connectivity index (χ1v) is 9.58. The van der Waals surface area contributed by atoms with Gasteiger partial charge in [-0.25, -0.2) is 9.37 Å². The average Bonchev–Trinajstić information content (AvgIpc) is 2.68. The summed E-state index contributed by atoms with van der Waals surface area (Å²) in [5.74, 6) is 0.237. The van der Waals surface area contributed by atoms with E-state index in [0.717, 1.165) is 17.8 Å². The number of rotatable bonds is 6.